The summed E-state index contributed by atoms with van der Waals surface area (Å²) in [5.41, 5.74) is 1.81. The van der Waals surface area contributed by atoms with Crippen LogP contribution < -0.4 is 5.32 Å². The van der Waals surface area contributed by atoms with Gasteiger partial charge in [0.15, 0.2) is 0 Å². The maximum Gasteiger partial charge on any atom is 0.228 e. The minimum atomic E-state index is -0.295. The molecule has 0 spiro atoms. The fourth-order valence-corrected chi connectivity index (χ4v) is 2.85. The quantitative estimate of drug-likeness (QED) is 0.893. The van der Waals surface area contributed by atoms with Gasteiger partial charge in [-0.2, -0.15) is 0 Å². The zero-order valence-corrected chi connectivity index (χ0v) is 12.8. The summed E-state index contributed by atoms with van der Waals surface area (Å²) in [5.74, 6) is 0.366. The third-order valence-corrected chi connectivity index (χ3v) is 4.04. The first-order valence-electron chi connectivity index (χ1n) is 6.70. The molecule has 3 rings (SSSR count). The minimum Gasteiger partial charge on any atom is -0.508 e. The zero-order chi connectivity index (χ0) is 14.8. The Balaban J connectivity index is 1.69. The van der Waals surface area contributed by atoms with Crippen LogP contribution in [0.15, 0.2) is 35.1 Å². The zero-order valence-electron chi connectivity index (χ0n) is 11.2. The van der Waals surface area contributed by atoms with Gasteiger partial charge < -0.3 is 10.4 Å². The summed E-state index contributed by atoms with van der Waals surface area (Å²) < 4.78 is 0.798. The van der Waals surface area contributed by atoms with E-state index in [-0.39, 0.29) is 24.1 Å². The van der Waals surface area contributed by atoms with Crippen LogP contribution in [0, 0.1) is 0 Å². The highest BCUT2D eigenvalue weighted by Gasteiger charge is 2.30. The molecule has 0 bridgehead atoms. The lowest BCUT2D eigenvalue weighted by Gasteiger charge is -2.13. The molecule has 108 valence electrons. The van der Waals surface area contributed by atoms with E-state index in [9.17, 15) is 9.90 Å². The maximum absolute atomic E-state index is 12.3. The normalized spacial score (nSPS) is 16.5. The number of hydrogen-bond donors (Lipinski definition) is 2. The van der Waals surface area contributed by atoms with E-state index >= 15 is 0 Å². The van der Waals surface area contributed by atoms with Gasteiger partial charge >= 0.3 is 0 Å². The molecule has 0 saturated heterocycles. The molecule has 2 aromatic rings. The molecule has 0 radical (unpaired) electrons. The Morgan fingerprint density at radius 2 is 2.14 bits per heavy atom. The van der Waals surface area contributed by atoms with E-state index in [0.29, 0.717) is 5.82 Å². The number of aryl methyl sites for hydroxylation is 1. The Morgan fingerprint density at radius 3 is 2.90 bits per heavy atom. The average molecular weight is 348 g/mol. The van der Waals surface area contributed by atoms with Gasteiger partial charge in [-0.15, -0.1) is 0 Å². The molecular formula is C15H14BrN3O2. The Hall–Kier alpha value is -1.95. The number of fused-ring (bicyclic) bond motifs is 1. The monoisotopic (exact) mass is 347 g/mol. The number of carbonyl (C=O) groups is 1. The van der Waals surface area contributed by atoms with Crippen LogP contribution in [0.4, 0.5) is 0 Å². The number of phenols is 1. The van der Waals surface area contributed by atoms with E-state index in [0.717, 1.165) is 28.4 Å². The van der Waals surface area contributed by atoms with E-state index in [4.69, 9.17) is 0 Å². The number of halogens is 1. The van der Waals surface area contributed by atoms with Gasteiger partial charge in [-0.05, 0) is 40.4 Å². The van der Waals surface area contributed by atoms with Gasteiger partial charge in [0.05, 0.1) is 16.9 Å². The van der Waals surface area contributed by atoms with Crippen LogP contribution in [0.3, 0.4) is 0 Å². The number of nitrogens with zero attached hydrogens (tertiary/aromatic N) is 2. The van der Waals surface area contributed by atoms with Crippen LogP contribution in [-0.2, 0) is 17.8 Å². The first kappa shape index (κ1) is 14.0. The van der Waals surface area contributed by atoms with Gasteiger partial charge in [0, 0.05) is 18.0 Å². The number of carbonyl (C=O) groups excluding carboxylic acids is 1. The van der Waals surface area contributed by atoms with Crippen molar-refractivity contribution in [2.45, 2.75) is 25.3 Å². The lowest BCUT2D eigenvalue weighted by atomic mass is 9.99. The molecule has 0 saturated carbocycles. The second-order valence-electron chi connectivity index (χ2n) is 4.98. The summed E-state index contributed by atoms with van der Waals surface area (Å²) in [6.07, 6.45) is 4.83. The predicted octanol–water partition coefficient (Wildman–Crippen LogP) is 2.29. The van der Waals surface area contributed by atoms with Crippen molar-refractivity contribution < 1.29 is 9.90 Å². The van der Waals surface area contributed by atoms with Crippen LogP contribution in [-0.4, -0.2) is 21.0 Å². The van der Waals surface area contributed by atoms with Crippen molar-refractivity contribution >= 4 is 21.8 Å². The number of nitrogens with one attached hydrogen (secondary N) is 1. The molecule has 1 amide bonds. The molecule has 0 unspecified atom stereocenters. The van der Waals surface area contributed by atoms with Crippen molar-refractivity contribution in [1.29, 1.82) is 0 Å². The van der Waals surface area contributed by atoms with Gasteiger partial charge in [0.25, 0.3) is 0 Å². The topological polar surface area (TPSA) is 75.1 Å². The van der Waals surface area contributed by atoms with Crippen LogP contribution in [0.2, 0.25) is 0 Å². The van der Waals surface area contributed by atoms with Gasteiger partial charge in [-0.1, -0.05) is 12.1 Å². The molecule has 6 heteroatoms. The molecule has 2 N–H and O–H groups in total. The summed E-state index contributed by atoms with van der Waals surface area (Å²) in [6.45, 7) is 0.283. The number of rotatable bonds is 3. The van der Waals surface area contributed by atoms with Crippen LogP contribution in [0.5, 0.6) is 5.75 Å². The third kappa shape index (κ3) is 2.90. The Labute approximate surface area is 130 Å². The molecule has 1 aromatic carbocycles. The number of amides is 1. The first-order chi connectivity index (χ1) is 10.1. The predicted molar refractivity (Wildman–Crippen MR) is 80.7 cm³/mol. The number of hydrogen-bond acceptors (Lipinski definition) is 4. The highest BCUT2D eigenvalue weighted by Crippen LogP contribution is 2.38. The van der Waals surface area contributed by atoms with Crippen LogP contribution in [0.25, 0.3) is 0 Å². The maximum atomic E-state index is 12.3. The van der Waals surface area contributed by atoms with Crippen molar-refractivity contribution in [2.75, 3.05) is 0 Å². The molecule has 0 aliphatic heterocycles. The van der Waals surface area contributed by atoms with Gasteiger partial charge in [-0.25, -0.2) is 9.97 Å². The average Bonchev–Trinajstić information content (AvgIpc) is 2.92. The van der Waals surface area contributed by atoms with E-state index in [1.807, 2.05) is 12.1 Å². The standard InChI is InChI=1S/C15H14BrN3O2/c16-10-6-17-13(18-7-10)8-19-15(21)11-5-4-9-2-1-3-12(20)14(9)11/h1-3,6-7,11,20H,4-5,8H2,(H,19,21)/t11-/m1/s1. The van der Waals surface area contributed by atoms with Crippen molar-refractivity contribution in [3.05, 3.63) is 52.0 Å². The summed E-state index contributed by atoms with van der Waals surface area (Å²) in [5, 5.41) is 12.8. The van der Waals surface area contributed by atoms with Crippen molar-refractivity contribution in [3.8, 4) is 5.75 Å². The molecule has 1 aliphatic rings. The summed E-state index contributed by atoms with van der Waals surface area (Å²) in [4.78, 5) is 20.5. The lowest BCUT2D eigenvalue weighted by Crippen LogP contribution is -2.28. The van der Waals surface area contributed by atoms with E-state index in [2.05, 4.69) is 31.2 Å². The molecule has 1 aliphatic carbocycles. The molecule has 1 aromatic heterocycles. The SMILES string of the molecule is O=C(NCc1ncc(Br)cn1)[C@@H]1CCc2cccc(O)c21. The van der Waals surface area contributed by atoms with Crippen molar-refractivity contribution in [3.63, 3.8) is 0 Å². The number of aromatic nitrogens is 2. The smallest absolute Gasteiger partial charge is 0.228 e. The van der Waals surface area contributed by atoms with Gasteiger partial charge in [0.2, 0.25) is 5.91 Å². The number of aromatic hydroxyl groups is 1. The molecule has 21 heavy (non-hydrogen) atoms. The van der Waals surface area contributed by atoms with Crippen molar-refractivity contribution in [2.24, 2.45) is 0 Å². The second-order valence-corrected chi connectivity index (χ2v) is 5.89. The highest BCUT2D eigenvalue weighted by atomic mass is 79.9. The first-order valence-corrected chi connectivity index (χ1v) is 7.49. The molecule has 1 atom stereocenters. The van der Waals surface area contributed by atoms with E-state index < -0.39 is 0 Å². The molecule has 0 fully saturated rings. The number of benzene rings is 1. The fourth-order valence-electron chi connectivity index (χ4n) is 2.65. The molecular weight excluding hydrogens is 334 g/mol. The largest absolute Gasteiger partial charge is 0.508 e. The third-order valence-electron chi connectivity index (χ3n) is 3.64. The molecule has 5 nitrogen and oxygen atoms in total. The fraction of sp³-hybridized carbons (Fsp3) is 0.267. The lowest BCUT2D eigenvalue weighted by molar-refractivity contribution is -0.122. The van der Waals surface area contributed by atoms with Gasteiger partial charge in [0.1, 0.15) is 11.6 Å². The van der Waals surface area contributed by atoms with E-state index in [1.165, 1.54) is 0 Å². The van der Waals surface area contributed by atoms with Crippen molar-refractivity contribution in [1.82, 2.24) is 15.3 Å². The number of phenolic OH excluding ortho intramolecular Hbond substituents is 1. The Morgan fingerprint density at radius 1 is 1.38 bits per heavy atom. The second kappa shape index (κ2) is 5.81. The van der Waals surface area contributed by atoms with Gasteiger partial charge in [-0.3, -0.25) is 4.79 Å². The minimum absolute atomic E-state index is 0.0956. The Kier molecular flexibility index (Phi) is 3.88. The molecule has 1 heterocycles. The summed E-state index contributed by atoms with van der Waals surface area (Å²) >= 11 is 3.27. The Bertz CT molecular complexity index is 673. The summed E-state index contributed by atoms with van der Waals surface area (Å²) in [7, 11) is 0. The van der Waals surface area contributed by atoms with E-state index in [1.54, 1.807) is 18.5 Å². The summed E-state index contributed by atoms with van der Waals surface area (Å²) in [6, 6.07) is 5.40. The highest BCUT2D eigenvalue weighted by molar-refractivity contribution is 9.10. The van der Waals surface area contributed by atoms with Crippen LogP contribution >= 0.6 is 15.9 Å². The van der Waals surface area contributed by atoms with Crippen LogP contribution in [0.1, 0.15) is 29.3 Å².